The van der Waals surface area contributed by atoms with E-state index in [9.17, 15) is 0 Å². The first-order valence-corrected chi connectivity index (χ1v) is 8.62. The third-order valence-electron chi connectivity index (χ3n) is 4.41. The molecule has 0 atom stereocenters. The van der Waals surface area contributed by atoms with Crippen molar-refractivity contribution in [3.05, 3.63) is 35.2 Å². The van der Waals surface area contributed by atoms with Gasteiger partial charge in [0.2, 0.25) is 0 Å². The zero-order chi connectivity index (χ0) is 13.6. The third kappa shape index (κ3) is 3.66. The molecule has 0 bridgehead atoms. The summed E-state index contributed by atoms with van der Waals surface area (Å²) in [5.74, 6) is 1.00. The number of aromatic nitrogens is 2. The van der Waals surface area contributed by atoms with E-state index in [2.05, 4.69) is 33.9 Å². The molecule has 0 aliphatic heterocycles. The van der Waals surface area contributed by atoms with Crippen LogP contribution in [0.4, 0.5) is 0 Å². The SMILES string of the molecule is c1cc(-c2csnn2)ccc1CCCC1CCCCC1. The molecule has 1 aromatic heterocycles. The normalized spacial score (nSPS) is 16.4. The van der Waals surface area contributed by atoms with Crippen molar-refractivity contribution in [3.63, 3.8) is 0 Å². The summed E-state index contributed by atoms with van der Waals surface area (Å²) in [7, 11) is 0. The van der Waals surface area contributed by atoms with Gasteiger partial charge in [-0.05, 0) is 35.9 Å². The van der Waals surface area contributed by atoms with Gasteiger partial charge in [0, 0.05) is 10.9 Å². The van der Waals surface area contributed by atoms with E-state index in [0.29, 0.717) is 0 Å². The topological polar surface area (TPSA) is 25.8 Å². The monoisotopic (exact) mass is 286 g/mol. The van der Waals surface area contributed by atoms with E-state index < -0.39 is 0 Å². The molecular formula is C17H22N2S. The van der Waals surface area contributed by atoms with E-state index in [1.54, 1.807) is 0 Å². The van der Waals surface area contributed by atoms with Crippen LogP contribution >= 0.6 is 11.5 Å². The number of nitrogens with zero attached hydrogens (tertiary/aromatic N) is 2. The number of hydrogen-bond donors (Lipinski definition) is 0. The van der Waals surface area contributed by atoms with Crippen LogP contribution in [-0.2, 0) is 6.42 Å². The Morgan fingerprint density at radius 2 is 1.85 bits per heavy atom. The Hall–Kier alpha value is -1.22. The smallest absolute Gasteiger partial charge is 0.105 e. The summed E-state index contributed by atoms with van der Waals surface area (Å²) >= 11 is 1.41. The molecule has 1 aromatic carbocycles. The predicted molar refractivity (Wildman–Crippen MR) is 84.9 cm³/mol. The van der Waals surface area contributed by atoms with Gasteiger partial charge in [-0.25, -0.2) is 0 Å². The average Bonchev–Trinajstić information content (AvgIpc) is 3.03. The number of benzene rings is 1. The average molecular weight is 286 g/mol. The minimum atomic E-state index is 0.990. The van der Waals surface area contributed by atoms with Crippen LogP contribution in [0.25, 0.3) is 11.3 Å². The number of rotatable bonds is 5. The Kier molecular flexibility index (Phi) is 4.80. The standard InChI is InChI=1S/C17H22N2S/c1-2-5-14(6-3-1)7-4-8-15-9-11-16(12-10-15)17-13-20-19-18-17/h9-14H,1-8H2. The molecule has 2 aromatic rings. The first kappa shape index (κ1) is 13.7. The van der Waals surface area contributed by atoms with E-state index >= 15 is 0 Å². The second kappa shape index (κ2) is 6.98. The van der Waals surface area contributed by atoms with Gasteiger partial charge in [-0.3, -0.25) is 0 Å². The fourth-order valence-electron chi connectivity index (χ4n) is 3.20. The van der Waals surface area contributed by atoms with Crippen molar-refractivity contribution >= 4 is 11.5 Å². The second-order valence-electron chi connectivity index (χ2n) is 5.88. The van der Waals surface area contributed by atoms with E-state index in [4.69, 9.17) is 0 Å². The molecule has 1 saturated carbocycles. The quantitative estimate of drug-likeness (QED) is 0.763. The van der Waals surface area contributed by atoms with Crippen LogP contribution in [-0.4, -0.2) is 9.59 Å². The molecule has 106 valence electrons. The second-order valence-corrected chi connectivity index (χ2v) is 6.49. The molecule has 1 aliphatic rings. The van der Waals surface area contributed by atoms with Crippen molar-refractivity contribution in [1.29, 1.82) is 0 Å². The fraction of sp³-hybridized carbons (Fsp3) is 0.529. The summed E-state index contributed by atoms with van der Waals surface area (Å²) in [6.45, 7) is 0. The molecule has 3 rings (SSSR count). The zero-order valence-electron chi connectivity index (χ0n) is 11.9. The molecule has 0 saturated heterocycles. The molecule has 1 aliphatic carbocycles. The summed E-state index contributed by atoms with van der Waals surface area (Å²) in [6, 6.07) is 8.84. The number of hydrogen-bond acceptors (Lipinski definition) is 3. The Morgan fingerprint density at radius 1 is 1.05 bits per heavy atom. The molecule has 0 unspecified atom stereocenters. The largest absolute Gasteiger partial charge is 0.138 e. The van der Waals surface area contributed by atoms with E-state index in [1.807, 2.05) is 5.38 Å². The molecule has 0 radical (unpaired) electrons. The lowest BCUT2D eigenvalue weighted by molar-refractivity contribution is 0.332. The van der Waals surface area contributed by atoms with Gasteiger partial charge in [0.1, 0.15) is 5.69 Å². The summed E-state index contributed by atoms with van der Waals surface area (Å²) in [5, 5.41) is 6.11. The number of aryl methyl sites for hydroxylation is 1. The van der Waals surface area contributed by atoms with Gasteiger partial charge in [0.25, 0.3) is 0 Å². The summed E-state index contributed by atoms with van der Waals surface area (Å²) < 4.78 is 3.91. The van der Waals surface area contributed by atoms with E-state index in [1.165, 1.54) is 74.0 Å². The highest BCUT2D eigenvalue weighted by atomic mass is 32.1. The van der Waals surface area contributed by atoms with Crippen LogP contribution in [0.15, 0.2) is 29.6 Å². The lowest BCUT2D eigenvalue weighted by Gasteiger charge is -2.21. The molecular weight excluding hydrogens is 264 g/mol. The highest BCUT2D eigenvalue weighted by molar-refractivity contribution is 7.03. The first-order valence-electron chi connectivity index (χ1n) is 7.78. The van der Waals surface area contributed by atoms with Gasteiger partial charge in [0.05, 0.1) is 0 Å². The van der Waals surface area contributed by atoms with Crippen LogP contribution < -0.4 is 0 Å². The van der Waals surface area contributed by atoms with Crippen LogP contribution in [0.1, 0.15) is 50.5 Å². The van der Waals surface area contributed by atoms with Gasteiger partial charge in [-0.2, -0.15) is 0 Å². The molecule has 0 spiro atoms. The van der Waals surface area contributed by atoms with Gasteiger partial charge in [0.15, 0.2) is 0 Å². The highest BCUT2D eigenvalue weighted by Crippen LogP contribution is 2.28. The van der Waals surface area contributed by atoms with Crippen LogP contribution in [0, 0.1) is 5.92 Å². The molecule has 0 amide bonds. The minimum absolute atomic E-state index is 0.990. The Morgan fingerprint density at radius 3 is 2.55 bits per heavy atom. The molecule has 2 nitrogen and oxygen atoms in total. The van der Waals surface area contributed by atoms with Gasteiger partial charge >= 0.3 is 0 Å². The van der Waals surface area contributed by atoms with Crippen molar-refractivity contribution in [3.8, 4) is 11.3 Å². The maximum absolute atomic E-state index is 4.11. The van der Waals surface area contributed by atoms with Crippen molar-refractivity contribution < 1.29 is 0 Å². The van der Waals surface area contributed by atoms with Crippen LogP contribution in [0.3, 0.4) is 0 Å². The molecule has 1 heterocycles. The third-order valence-corrected chi connectivity index (χ3v) is 4.92. The zero-order valence-corrected chi connectivity index (χ0v) is 12.7. The molecule has 1 fully saturated rings. The molecule has 3 heteroatoms. The van der Waals surface area contributed by atoms with Crippen LogP contribution in [0.5, 0.6) is 0 Å². The Labute approximate surface area is 125 Å². The fourth-order valence-corrected chi connectivity index (χ4v) is 3.67. The minimum Gasteiger partial charge on any atom is -0.138 e. The molecule has 20 heavy (non-hydrogen) atoms. The molecule has 0 N–H and O–H groups in total. The van der Waals surface area contributed by atoms with Crippen LogP contribution in [0.2, 0.25) is 0 Å². The first-order chi connectivity index (χ1) is 9.92. The Balaban J connectivity index is 1.48. The van der Waals surface area contributed by atoms with Gasteiger partial charge < -0.3 is 0 Å². The highest BCUT2D eigenvalue weighted by Gasteiger charge is 2.12. The Bertz CT molecular complexity index is 498. The maximum Gasteiger partial charge on any atom is 0.105 e. The van der Waals surface area contributed by atoms with Gasteiger partial charge in [-0.15, -0.1) is 5.10 Å². The predicted octanol–water partition coefficient (Wildman–Crippen LogP) is 5.11. The summed E-state index contributed by atoms with van der Waals surface area (Å²) in [5.41, 5.74) is 3.62. The van der Waals surface area contributed by atoms with Crippen molar-refractivity contribution in [2.75, 3.05) is 0 Å². The van der Waals surface area contributed by atoms with E-state index in [0.717, 1.165) is 11.6 Å². The van der Waals surface area contributed by atoms with E-state index in [-0.39, 0.29) is 0 Å². The lowest BCUT2D eigenvalue weighted by atomic mass is 9.85. The van der Waals surface area contributed by atoms with Crippen molar-refractivity contribution in [2.45, 2.75) is 51.4 Å². The lowest BCUT2D eigenvalue weighted by Crippen LogP contribution is -2.06. The summed E-state index contributed by atoms with van der Waals surface area (Å²) in [4.78, 5) is 0. The van der Waals surface area contributed by atoms with Gasteiger partial charge in [-0.1, -0.05) is 67.3 Å². The van der Waals surface area contributed by atoms with Crippen molar-refractivity contribution in [2.24, 2.45) is 5.92 Å². The van der Waals surface area contributed by atoms with Crippen molar-refractivity contribution in [1.82, 2.24) is 9.59 Å². The maximum atomic E-state index is 4.11. The summed E-state index contributed by atoms with van der Waals surface area (Å²) in [6.07, 6.45) is 11.3.